The first-order valence-electron chi connectivity index (χ1n) is 10.8. The molecule has 6 nitrogen and oxygen atoms in total. The highest BCUT2D eigenvalue weighted by atomic mass is 19.1. The molecule has 0 fully saturated rings. The van der Waals surface area contributed by atoms with E-state index in [4.69, 9.17) is 4.74 Å². The van der Waals surface area contributed by atoms with E-state index in [0.717, 1.165) is 16.7 Å². The van der Waals surface area contributed by atoms with E-state index < -0.39 is 5.92 Å². The van der Waals surface area contributed by atoms with Crippen molar-refractivity contribution in [2.45, 2.75) is 32.9 Å². The van der Waals surface area contributed by atoms with Crippen LogP contribution in [0.1, 0.15) is 36.5 Å². The predicted octanol–water partition coefficient (Wildman–Crippen LogP) is 4.90. The third kappa shape index (κ3) is 6.16. The highest BCUT2D eigenvalue weighted by molar-refractivity contribution is 5.79. The van der Waals surface area contributed by atoms with E-state index in [0.29, 0.717) is 24.2 Å². The molecular weight excluding hydrogens is 421 g/mol. The summed E-state index contributed by atoms with van der Waals surface area (Å²) in [7, 11) is 1.34. The topological polar surface area (TPSA) is 71.5 Å². The number of methoxy groups -OCH3 is 1. The highest BCUT2D eigenvalue weighted by Crippen LogP contribution is 2.28. The van der Waals surface area contributed by atoms with Crippen LogP contribution in [0.5, 0.6) is 0 Å². The summed E-state index contributed by atoms with van der Waals surface area (Å²) >= 11 is 0. The van der Waals surface area contributed by atoms with Crippen molar-refractivity contribution in [3.8, 4) is 11.1 Å². The third-order valence-corrected chi connectivity index (χ3v) is 5.51. The van der Waals surface area contributed by atoms with Crippen LogP contribution in [0.15, 0.2) is 67.0 Å². The van der Waals surface area contributed by atoms with Crippen LogP contribution < -0.4 is 5.32 Å². The standard InChI is InChI=1S/C26H28FN3O3/c1-4-30(26(32)29-14-19-8-6-5-7-9-19)17-22-13-23(27)10-11-24(22)21-12-20(15-28-16-21)18(2)25(31)33-3/h5-13,15-16,18H,4,14,17H2,1-3H3,(H,29,32). The molecular formula is C26H28FN3O3. The van der Waals surface area contributed by atoms with Crippen LogP contribution in [0.4, 0.5) is 9.18 Å². The zero-order valence-electron chi connectivity index (χ0n) is 19.0. The quantitative estimate of drug-likeness (QED) is 0.497. The second kappa shape index (κ2) is 11.2. The number of carbonyl (C=O) groups excluding carboxylic acids is 2. The fourth-order valence-electron chi connectivity index (χ4n) is 3.55. The molecule has 0 aliphatic rings. The minimum atomic E-state index is -0.484. The molecule has 1 unspecified atom stereocenters. The van der Waals surface area contributed by atoms with Gasteiger partial charge in [0.25, 0.3) is 0 Å². The summed E-state index contributed by atoms with van der Waals surface area (Å²) in [6.45, 7) is 4.70. The normalized spacial score (nSPS) is 11.5. The smallest absolute Gasteiger partial charge is 0.317 e. The summed E-state index contributed by atoms with van der Waals surface area (Å²) in [4.78, 5) is 30.6. The maximum atomic E-state index is 14.2. The monoisotopic (exact) mass is 449 g/mol. The fourth-order valence-corrected chi connectivity index (χ4v) is 3.55. The van der Waals surface area contributed by atoms with Crippen molar-refractivity contribution in [1.29, 1.82) is 0 Å². The Labute approximate surface area is 193 Å². The van der Waals surface area contributed by atoms with Gasteiger partial charge in [0.05, 0.1) is 13.0 Å². The number of rotatable bonds is 8. The molecule has 1 heterocycles. The van der Waals surface area contributed by atoms with Crippen LogP contribution in [0, 0.1) is 5.82 Å². The maximum Gasteiger partial charge on any atom is 0.317 e. The first-order valence-corrected chi connectivity index (χ1v) is 10.8. The van der Waals surface area contributed by atoms with Gasteiger partial charge in [-0.2, -0.15) is 0 Å². The van der Waals surface area contributed by atoms with Gasteiger partial charge in [0.15, 0.2) is 0 Å². The fraction of sp³-hybridized carbons (Fsp3) is 0.269. The van der Waals surface area contributed by atoms with Gasteiger partial charge >= 0.3 is 12.0 Å². The Hall–Kier alpha value is -3.74. The molecule has 1 atom stereocenters. The second-order valence-electron chi connectivity index (χ2n) is 7.71. The molecule has 2 aromatic carbocycles. The van der Waals surface area contributed by atoms with Crippen LogP contribution >= 0.6 is 0 Å². The number of ether oxygens (including phenoxy) is 1. The Morgan fingerprint density at radius 2 is 1.88 bits per heavy atom. The zero-order valence-corrected chi connectivity index (χ0v) is 19.0. The summed E-state index contributed by atoms with van der Waals surface area (Å²) in [5.41, 5.74) is 3.83. The average Bonchev–Trinajstić information content (AvgIpc) is 2.85. The molecule has 1 aromatic heterocycles. The van der Waals surface area contributed by atoms with E-state index in [1.54, 1.807) is 30.3 Å². The van der Waals surface area contributed by atoms with Gasteiger partial charge in [0.1, 0.15) is 5.82 Å². The predicted molar refractivity (Wildman–Crippen MR) is 125 cm³/mol. The third-order valence-electron chi connectivity index (χ3n) is 5.51. The van der Waals surface area contributed by atoms with Crippen molar-refractivity contribution in [3.05, 3.63) is 89.5 Å². The van der Waals surface area contributed by atoms with Gasteiger partial charge in [0.2, 0.25) is 0 Å². The average molecular weight is 450 g/mol. The van der Waals surface area contributed by atoms with Crippen molar-refractivity contribution < 1.29 is 18.7 Å². The number of amides is 2. The lowest BCUT2D eigenvalue weighted by atomic mass is 9.96. The number of esters is 1. The largest absolute Gasteiger partial charge is 0.469 e. The Kier molecular flexibility index (Phi) is 8.13. The molecule has 2 amide bonds. The molecule has 7 heteroatoms. The second-order valence-corrected chi connectivity index (χ2v) is 7.71. The number of pyridine rings is 1. The van der Waals surface area contributed by atoms with Gasteiger partial charge in [-0.15, -0.1) is 0 Å². The van der Waals surface area contributed by atoms with E-state index in [1.807, 2.05) is 43.3 Å². The number of aromatic nitrogens is 1. The van der Waals surface area contributed by atoms with E-state index in [2.05, 4.69) is 10.3 Å². The Bertz CT molecular complexity index is 1100. The van der Waals surface area contributed by atoms with Gasteiger partial charge in [-0.25, -0.2) is 9.18 Å². The van der Waals surface area contributed by atoms with Crippen molar-refractivity contribution in [3.63, 3.8) is 0 Å². The summed E-state index contributed by atoms with van der Waals surface area (Å²) in [6, 6.07) is 15.7. The zero-order chi connectivity index (χ0) is 23.8. The number of urea groups is 1. The van der Waals surface area contributed by atoms with Crippen molar-refractivity contribution >= 4 is 12.0 Å². The number of hydrogen-bond acceptors (Lipinski definition) is 4. The van der Waals surface area contributed by atoms with Gasteiger partial charge in [-0.1, -0.05) is 36.4 Å². The molecule has 1 N–H and O–H groups in total. The lowest BCUT2D eigenvalue weighted by Crippen LogP contribution is -2.39. The molecule has 33 heavy (non-hydrogen) atoms. The summed E-state index contributed by atoms with van der Waals surface area (Å²) in [6.07, 6.45) is 3.28. The number of hydrogen-bond donors (Lipinski definition) is 1. The number of halogens is 1. The molecule has 0 spiro atoms. The lowest BCUT2D eigenvalue weighted by Gasteiger charge is -2.23. The van der Waals surface area contributed by atoms with Crippen molar-refractivity contribution in [1.82, 2.24) is 15.2 Å². The van der Waals surface area contributed by atoms with Gasteiger partial charge in [-0.05, 0) is 54.3 Å². The van der Waals surface area contributed by atoms with E-state index in [1.165, 1.54) is 19.2 Å². The van der Waals surface area contributed by atoms with Crippen LogP contribution in [-0.2, 0) is 22.6 Å². The Morgan fingerprint density at radius 3 is 2.58 bits per heavy atom. The number of nitrogens with one attached hydrogen (secondary N) is 1. The lowest BCUT2D eigenvalue weighted by molar-refractivity contribution is -0.142. The molecule has 0 bridgehead atoms. The van der Waals surface area contributed by atoms with E-state index in [-0.39, 0.29) is 24.4 Å². The summed E-state index contributed by atoms with van der Waals surface area (Å²) in [5.74, 6) is -1.23. The number of carbonyl (C=O) groups is 2. The Balaban J connectivity index is 1.83. The van der Waals surface area contributed by atoms with Crippen molar-refractivity contribution in [2.24, 2.45) is 0 Å². The summed E-state index contributed by atoms with van der Waals surface area (Å²) in [5, 5.41) is 2.92. The van der Waals surface area contributed by atoms with Crippen molar-refractivity contribution in [2.75, 3.05) is 13.7 Å². The minimum absolute atomic E-state index is 0.223. The molecule has 3 rings (SSSR count). The van der Waals surface area contributed by atoms with Crippen LogP contribution in [0.25, 0.3) is 11.1 Å². The molecule has 0 radical (unpaired) electrons. The van der Waals surface area contributed by atoms with Gasteiger partial charge in [0, 0.05) is 37.6 Å². The molecule has 0 saturated carbocycles. The van der Waals surface area contributed by atoms with Crippen LogP contribution in [-0.4, -0.2) is 35.5 Å². The van der Waals surface area contributed by atoms with Crippen LogP contribution in [0.2, 0.25) is 0 Å². The first kappa shape index (κ1) is 23.9. The van der Waals surface area contributed by atoms with Crippen LogP contribution in [0.3, 0.4) is 0 Å². The highest BCUT2D eigenvalue weighted by Gasteiger charge is 2.19. The molecule has 172 valence electrons. The molecule has 0 aliphatic heterocycles. The Morgan fingerprint density at radius 1 is 1.12 bits per heavy atom. The van der Waals surface area contributed by atoms with Gasteiger partial charge < -0.3 is 15.0 Å². The number of nitrogens with zero attached hydrogens (tertiary/aromatic N) is 2. The van der Waals surface area contributed by atoms with E-state index in [9.17, 15) is 14.0 Å². The maximum absolute atomic E-state index is 14.2. The SMILES string of the molecule is CCN(Cc1cc(F)ccc1-c1cncc(C(C)C(=O)OC)c1)C(=O)NCc1ccccc1. The molecule has 3 aromatic rings. The molecule has 0 saturated heterocycles. The first-order chi connectivity index (χ1) is 15.9. The summed E-state index contributed by atoms with van der Waals surface area (Å²) < 4.78 is 19.0. The minimum Gasteiger partial charge on any atom is -0.469 e. The number of benzene rings is 2. The van der Waals surface area contributed by atoms with Gasteiger partial charge in [-0.3, -0.25) is 9.78 Å². The molecule has 0 aliphatic carbocycles. The van der Waals surface area contributed by atoms with E-state index >= 15 is 0 Å².